The summed E-state index contributed by atoms with van der Waals surface area (Å²) < 4.78 is 0. The van der Waals surface area contributed by atoms with E-state index in [2.05, 4.69) is 24.3 Å². The molecule has 0 bridgehead atoms. The first-order chi connectivity index (χ1) is 10.8. The Balaban J connectivity index is 0.00000192. The van der Waals surface area contributed by atoms with Gasteiger partial charge in [-0.3, -0.25) is 0 Å². The molecule has 3 aromatic rings. The van der Waals surface area contributed by atoms with Crippen molar-refractivity contribution < 1.29 is 32.3 Å². The van der Waals surface area contributed by atoms with Crippen LogP contribution in [0.3, 0.4) is 0 Å². The molecule has 119 valence electrons. The molecule has 0 aliphatic carbocycles. The quantitative estimate of drug-likeness (QED) is 0.526. The molecule has 0 aliphatic rings. The van der Waals surface area contributed by atoms with Gasteiger partial charge in [-0.25, -0.2) is 4.79 Å². The molecule has 0 aliphatic heterocycles. The van der Waals surface area contributed by atoms with E-state index < -0.39 is 13.9 Å². The summed E-state index contributed by atoms with van der Waals surface area (Å²) in [6, 6.07) is 27.5. The Morgan fingerprint density at radius 3 is 1.61 bits per heavy atom. The van der Waals surface area contributed by atoms with E-state index in [-0.39, 0.29) is 22.4 Å². The normalized spacial score (nSPS) is 10.1. The topological polar surface area (TPSA) is 37.3 Å². The van der Waals surface area contributed by atoms with Gasteiger partial charge in [-0.2, -0.15) is 0 Å². The number of hydrogen-bond acceptors (Lipinski definition) is 1. The van der Waals surface area contributed by atoms with Crippen LogP contribution in [0.15, 0.2) is 84.9 Å². The van der Waals surface area contributed by atoms with Gasteiger partial charge in [0, 0.05) is 22.4 Å². The van der Waals surface area contributed by atoms with Crippen molar-refractivity contribution in [1.29, 1.82) is 0 Å². The second-order valence-corrected chi connectivity index (χ2v) is 7.01. The first-order valence-electron chi connectivity index (χ1n) is 7.00. The van der Waals surface area contributed by atoms with E-state index in [0.29, 0.717) is 5.56 Å². The van der Waals surface area contributed by atoms with E-state index in [4.69, 9.17) is 0 Å². The third-order valence-electron chi connectivity index (χ3n) is 3.40. The molecule has 4 heteroatoms. The maximum atomic E-state index is 11.6. The number of aromatic carboxylic acids is 1. The van der Waals surface area contributed by atoms with E-state index >= 15 is 0 Å². The fourth-order valence-electron chi connectivity index (χ4n) is 2.43. The molecule has 0 heterocycles. The van der Waals surface area contributed by atoms with Gasteiger partial charge in [0.2, 0.25) is 0 Å². The molecule has 1 N–H and O–H groups in total. The van der Waals surface area contributed by atoms with Crippen molar-refractivity contribution in [3.63, 3.8) is 0 Å². The fraction of sp³-hybridized carbons (Fsp3) is 0. The molecule has 0 fully saturated rings. The molecule has 0 saturated carbocycles. The van der Waals surface area contributed by atoms with Crippen molar-refractivity contribution in [2.24, 2.45) is 0 Å². The summed E-state index contributed by atoms with van der Waals surface area (Å²) >= 11 is 0. The molecule has 1 radical (unpaired) electrons. The Bertz CT molecular complexity index is 736. The van der Waals surface area contributed by atoms with Crippen molar-refractivity contribution in [2.75, 3.05) is 0 Å². The Morgan fingerprint density at radius 2 is 1.13 bits per heavy atom. The number of hydrogen-bond donors (Lipinski definition) is 1. The third kappa shape index (κ3) is 3.99. The van der Waals surface area contributed by atoms with Gasteiger partial charge in [0.25, 0.3) is 0 Å². The molecule has 2 nitrogen and oxygen atoms in total. The van der Waals surface area contributed by atoms with Crippen LogP contribution in [0.5, 0.6) is 0 Å². The minimum Gasteiger partial charge on any atom is -0.478 e. The summed E-state index contributed by atoms with van der Waals surface area (Å²) in [5.41, 5.74) is 0.376. The first-order valence-corrected chi connectivity index (χ1v) is 8.34. The molecule has 0 atom stereocenters. The molecule has 3 aromatic carbocycles. The number of carboxylic acids is 1. The number of carbonyl (C=O) groups is 1. The second-order valence-electron chi connectivity index (χ2n) is 4.83. The minimum atomic E-state index is -0.880. The molecule has 0 saturated heterocycles. The predicted molar refractivity (Wildman–Crippen MR) is 92.1 cm³/mol. The number of benzene rings is 3. The summed E-state index contributed by atoms with van der Waals surface area (Å²) in [6.45, 7) is 0. The van der Waals surface area contributed by atoms with Crippen LogP contribution in [0.1, 0.15) is 10.4 Å². The van der Waals surface area contributed by atoms with E-state index in [9.17, 15) is 9.90 Å². The molecule has 3 rings (SSSR count). The smallest absolute Gasteiger partial charge is 0.336 e. The molecule has 23 heavy (non-hydrogen) atoms. The van der Waals surface area contributed by atoms with Crippen molar-refractivity contribution in [3.05, 3.63) is 90.5 Å². The van der Waals surface area contributed by atoms with Crippen LogP contribution in [0.25, 0.3) is 0 Å². The molecule has 0 aromatic heterocycles. The van der Waals surface area contributed by atoms with Gasteiger partial charge in [0.1, 0.15) is 0 Å². The van der Waals surface area contributed by atoms with Gasteiger partial charge < -0.3 is 5.11 Å². The Kier molecular flexibility index (Phi) is 6.32. The summed E-state index contributed by atoms with van der Waals surface area (Å²) in [4.78, 5) is 11.6. The maximum absolute atomic E-state index is 11.6. The standard InChI is InChI=1S/C19H15O2P.Ag/c20-19(21)17-13-7-8-14-18(17)22(15-9-3-1-4-10-15)16-11-5-2-6-12-16;/h1-14H,(H,20,21);. The van der Waals surface area contributed by atoms with Gasteiger partial charge >= 0.3 is 5.97 Å². The predicted octanol–water partition coefficient (Wildman–Crippen LogP) is 3.14. The zero-order valence-corrected chi connectivity index (χ0v) is 14.6. The van der Waals surface area contributed by atoms with Crippen molar-refractivity contribution in [1.82, 2.24) is 0 Å². The molecule has 0 unspecified atom stereocenters. The minimum absolute atomic E-state index is 0. The van der Waals surface area contributed by atoms with E-state index in [1.54, 1.807) is 12.1 Å². The van der Waals surface area contributed by atoms with E-state index in [1.165, 1.54) is 0 Å². The molecule has 0 amide bonds. The van der Waals surface area contributed by atoms with Crippen LogP contribution in [-0.2, 0) is 22.4 Å². The zero-order valence-electron chi connectivity index (χ0n) is 12.2. The van der Waals surface area contributed by atoms with Crippen LogP contribution in [0, 0.1) is 0 Å². The second kappa shape index (κ2) is 8.24. The third-order valence-corrected chi connectivity index (χ3v) is 5.91. The maximum Gasteiger partial charge on any atom is 0.336 e. The van der Waals surface area contributed by atoms with E-state index in [0.717, 1.165) is 15.9 Å². The number of rotatable bonds is 4. The van der Waals surface area contributed by atoms with Gasteiger partial charge in [0.05, 0.1) is 5.56 Å². The first kappa shape index (κ1) is 17.7. The monoisotopic (exact) mass is 413 g/mol. The Morgan fingerprint density at radius 1 is 0.696 bits per heavy atom. The van der Waals surface area contributed by atoms with Gasteiger partial charge in [0.15, 0.2) is 0 Å². The van der Waals surface area contributed by atoms with Crippen LogP contribution in [-0.4, -0.2) is 11.1 Å². The Hall–Kier alpha value is -1.70. The summed E-state index contributed by atoms with van der Waals surface area (Å²) in [5, 5.41) is 12.7. The molecule has 0 spiro atoms. The Labute approximate surface area is 152 Å². The van der Waals surface area contributed by atoms with Gasteiger partial charge in [-0.1, -0.05) is 78.9 Å². The summed E-state index contributed by atoms with van der Waals surface area (Å²) in [5.74, 6) is -0.880. The summed E-state index contributed by atoms with van der Waals surface area (Å²) in [7, 11) is -0.880. The average molecular weight is 414 g/mol. The average Bonchev–Trinajstić information content (AvgIpc) is 2.57. The summed E-state index contributed by atoms with van der Waals surface area (Å²) in [6.07, 6.45) is 0. The van der Waals surface area contributed by atoms with E-state index in [1.807, 2.05) is 48.5 Å². The fourth-order valence-corrected chi connectivity index (χ4v) is 4.87. The van der Waals surface area contributed by atoms with Crippen molar-refractivity contribution in [3.8, 4) is 0 Å². The molecular weight excluding hydrogens is 399 g/mol. The van der Waals surface area contributed by atoms with Crippen LogP contribution >= 0.6 is 7.92 Å². The van der Waals surface area contributed by atoms with Crippen molar-refractivity contribution in [2.45, 2.75) is 0 Å². The van der Waals surface area contributed by atoms with Crippen LogP contribution in [0.2, 0.25) is 0 Å². The SMILES string of the molecule is O=C(O)c1ccccc1P(c1ccccc1)c1ccccc1.[Ag]. The number of carboxylic acid groups (broad SMARTS) is 1. The van der Waals surface area contributed by atoms with Crippen molar-refractivity contribution >= 4 is 29.8 Å². The zero-order chi connectivity index (χ0) is 15.4. The van der Waals surface area contributed by atoms with Gasteiger partial charge in [-0.05, 0) is 29.9 Å². The van der Waals surface area contributed by atoms with Crippen LogP contribution < -0.4 is 15.9 Å². The van der Waals surface area contributed by atoms with Gasteiger partial charge in [-0.15, -0.1) is 0 Å². The largest absolute Gasteiger partial charge is 0.478 e. The molecular formula is C19H15AgO2P. The van der Waals surface area contributed by atoms with Crippen LogP contribution in [0.4, 0.5) is 0 Å².